The summed E-state index contributed by atoms with van der Waals surface area (Å²) < 4.78 is 0. The smallest absolute Gasteiger partial charge is 0.194 e. The highest BCUT2D eigenvalue weighted by atomic mass is 16.1. The Hall–Kier alpha value is -2.26. The molecule has 0 radical (unpaired) electrons. The van der Waals surface area contributed by atoms with Crippen molar-refractivity contribution < 1.29 is 9.59 Å². The number of hydrogen-bond acceptors (Lipinski definition) is 3. The summed E-state index contributed by atoms with van der Waals surface area (Å²) in [6.07, 6.45) is 9.88. The predicted molar refractivity (Wildman–Crippen MR) is 188 cm³/mol. The molecule has 0 aliphatic heterocycles. The number of carbonyl (C=O) groups excluding carboxylic acids is 2. The third-order valence-corrected chi connectivity index (χ3v) is 12.8. The Bertz CT molecular complexity index is 1220. The van der Waals surface area contributed by atoms with E-state index in [0.717, 1.165) is 50.5 Å². The standard InChI is InChI=1S/C41H63NO2/c1-12-38(6,7)28(4)17-15-23-40(10,13-2)30-19-21-32-34(25-30)36(43)33-22-20-31(26-35(33)37(32)44)41(11,14-3)24-16-18-29(5)39(8,9)27-42/h19-22,25-26,28-29H,12-18,23-24,27,42H2,1-11H3. The van der Waals surface area contributed by atoms with Crippen LogP contribution in [0.1, 0.15) is 177 Å². The van der Waals surface area contributed by atoms with Gasteiger partial charge in [-0.15, -0.1) is 0 Å². The third kappa shape index (κ3) is 7.41. The first-order valence-corrected chi connectivity index (χ1v) is 17.6. The minimum absolute atomic E-state index is 0.0178. The van der Waals surface area contributed by atoms with Crippen LogP contribution in [0.15, 0.2) is 36.4 Å². The van der Waals surface area contributed by atoms with Crippen LogP contribution in [0.5, 0.6) is 0 Å². The van der Waals surface area contributed by atoms with E-state index in [1.165, 1.54) is 18.4 Å². The molecule has 4 unspecified atom stereocenters. The van der Waals surface area contributed by atoms with Crippen molar-refractivity contribution in [3.05, 3.63) is 69.8 Å². The average molecular weight is 602 g/mol. The van der Waals surface area contributed by atoms with Crippen LogP contribution < -0.4 is 5.73 Å². The van der Waals surface area contributed by atoms with Crippen LogP contribution >= 0.6 is 0 Å². The number of ketones is 2. The van der Waals surface area contributed by atoms with Crippen molar-refractivity contribution in [3.63, 3.8) is 0 Å². The first-order chi connectivity index (χ1) is 20.5. The zero-order valence-electron chi connectivity index (χ0n) is 30.1. The van der Waals surface area contributed by atoms with Gasteiger partial charge in [-0.25, -0.2) is 0 Å². The average Bonchev–Trinajstić information content (AvgIpc) is 3.02. The lowest BCUT2D eigenvalue weighted by Gasteiger charge is -2.34. The Morgan fingerprint density at radius 3 is 1.32 bits per heavy atom. The Morgan fingerprint density at radius 2 is 0.977 bits per heavy atom. The molecule has 1 aliphatic carbocycles. The second-order valence-electron chi connectivity index (χ2n) is 16.1. The third-order valence-electron chi connectivity index (χ3n) is 12.8. The van der Waals surface area contributed by atoms with Crippen molar-refractivity contribution in [3.8, 4) is 0 Å². The fraction of sp³-hybridized carbons (Fsp3) is 0.659. The van der Waals surface area contributed by atoms with Crippen LogP contribution in [0.4, 0.5) is 0 Å². The maximum Gasteiger partial charge on any atom is 0.194 e. The summed E-state index contributed by atoms with van der Waals surface area (Å²) in [7, 11) is 0. The topological polar surface area (TPSA) is 60.2 Å². The molecule has 3 rings (SSSR count). The predicted octanol–water partition coefficient (Wildman–Crippen LogP) is 10.8. The maximum absolute atomic E-state index is 13.9. The summed E-state index contributed by atoms with van der Waals surface area (Å²) in [6, 6.07) is 12.1. The molecule has 0 heterocycles. The van der Waals surface area contributed by atoms with Crippen molar-refractivity contribution >= 4 is 11.6 Å². The molecule has 4 atom stereocenters. The van der Waals surface area contributed by atoms with Gasteiger partial charge in [-0.1, -0.05) is 120 Å². The quantitative estimate of drug-likeness (QED) is 0.178. The molecule has 1 aliphatic rings. The van der Waals surface area contributed by atoms with Gasteiger partial charge in [-0.3, -0.25) is 9.59 Å². The van der Waals surface area contributed by atoms with E-state index in [9.17, 15) is 9.59 Å². The molecular weight excluding hydrogens is 538 g/mol. The highest BCUT2D eigenvalue weighted by molar-refractivity contribution is 6.28. The zero-order valence-corrected chi connectivity index (χ0v) is 30.1. The van der Waals surface area contributed by atoms with Gasteiger partial charge in [-0.2, -0.15) is 0 Å². The highest BCUT2D eigenvalue weighted by Gasteiger charge is 2.35. The van der Waals surface area contributed by atoms with Crippen LogP contribution in [-0.4, -0.2) is 18.1 Å². The van der Waals surface area contributed by atoms with E-state index in [4.69, 9.17) is 5.73 Å². The van der Waals surface area contributed by atoms with E-state index in [0.29, 0.717) is 46.0 Å². The fourth-order valence-corrected chi connectivity index (χ4v) is 6.88. The SMILES string of the molecule is CCC(C)(CCCC(C)C(C)(C)CC)c1ccc2c(c1)C(=O)c1ccc(C(C)(CC)CCCC(C)C(C)(C)CN)cc1C2=O. The monoisotopic (exact) mass is 601 g/mol. The largest absolute Gasteiger partial charge is 0.330 e. The summed E-state index contributed by atoms with van der Waals surface area (Å²) in [5, 5.41) is 0. The van der Waals surface area contributed by atoms with Crippen molar-refractivity contribution in [2.75, 3.05) is 6.54 Å². The minimum atomic E-state index is -0.0537. The van der Waals surface area contributed by atoms with Gasteiger partial charge in [0.25, 0.3) is 0 Å². The van der Waals surface area contributed by atoms with Gasteiger partial charge in [0.1, 0.15) is 0 Å². The molecule has 44 heavy (non-hydrogen) atoms. The second-order valence-corrected chi connectivity index (χ2v) is 16.1. The van der Waals surface area contributed by atoms with Crippen molar-refractivity contribution in [1.82, 2.24) is 0 Å². The first kappa shape index (κ1) is 36.2. The van der Waals surface area contributed by atoms with Gasteiger partial charge in [-0.05, 0) is 101 Å². The Labute approximate surface area is 270 Å². The van der Waals surface area contributed by atoms with Gasteiger partial charge in [0.05, 0.1) is 0 Å². The van der Waals surface area contributed by atoms with Crippen molar-refractivity contribution in [2.45, 2.75) is 145 Å². The Balaban J connectivity index is 1.83. The summed E-state index contributed by atoms with van der Waals surface area (Å²) >= 11 is 0. The molecule has 0 amide bonds. The number of rotatable bonds is 16. The van der Waals surface area contributed by atoms with Crippen LogP contribution in [-0.2, 0) is 10.8 Å². The molecule has 2 aromatic rings. The lowest BCUT2D eigenvalue weighted by Crippen LogP contribution is -2.31. The van der Waals surface area contributed by atoms with E-state index in [1.54, 1.807) is 0 Å². The number of fused-ring (bicyclic) bond motifs is 2. The Morgan fingerprint density at radius 1 is 0.591 bits per heavy atom. The van der Waals surface area contributed by atoms with Gasteiger partial charge < -0.3 is 5.73 Å². The van der Waals surface area contributed by atoms with E-state index < -0.39 is 0 Å². The van der Waals surface area contributed by atoms with Gasteiger partial charge in [0.15, 0.2) is 11.6 Å². The van der Waals surface area contributed by atoms with Gasteiger partial charge >= 0.3 is 0 Å². The lowest BCUT2D eigenvalue weighted by atomic mass is 9.70. The summed E-state index contributed by atoms with van der Waals surface area (Å²) in [6.45, 7) is 26.0. The molecule has 244 valence electrons. The van der Waals surface area contributed by atoms with E-state index in [-0.39, 0.29) is 27.8 Å². The zero-order chi connectivity index (χ0) is 33.1. The summed E-state index contributed by atoms with van der Waals surface area (Å²) in [4.78, 5) is 27.8. The van der Waals surface area contributed by atoms with Crippen LogP contribution in [0, 0.1) is 22.7 Å². The molecule has 2 N–H and O–H groups in total. The molecule has 2 aromatic carbocycles. The van der Waals surface area contributed by atoms with Gasteiger partial charge in [0, 0.05) is 22.3 Å². The van der Waals surface area contributed by atoms with Gasteiger partial charge in [0.2, 0.25) is 0 Å². The van der Waals surface area contributed by atoms with Crippen molar-refractivity contribution in [2.24, 2.45) is 28.4 Å². The fourth-order valence-electron chi connectivity index (χ4n) is 6.88. The molecule has 0 fully saturated rings. The molecule has 0 saturated heterocycles. The summed E-state index contributed by atoms with van der Waals surface area (Å²) in [5.41, 5.74) is 11.0. The highest BCUT2D eigenvalue weighted by Crippen LogP contribution is 2.41. The molecule has 0 bridgehead atoms. The van der Waals surface area contributed by atoms with Crippen LogP contribution in [0.25, 0.3) is 0 Å². The lowest BCUT2D eigenvalue weighted by molar-refractivity contribution is 0.0978. The maximum atomic E-state index is 13.9. The van der Waals surface area contributed by atoms with Crippen molar-refractivity contribution in [1.29, 1.82) is 0 Å². The molecular formula is C41H63NO2. The van der Waals surface area contributed by atoms with Crippen LogP contribution in [0.2, 0.25) is 0 Å². The number of carbonyl (C=O) groups is 2. The second kappa shape index (κ2) is 14.0. The van der Waals surface area contributed by atoms with E-state index in [2.05, 4.69) is 88.3 Å². The molecule has 3 nitrogen and oxygen atoms in total. The van der Waals surface area contributed by atoms with Crippen LogP contribution in [0.3, 0.4) is 0 Å². The molecule has 0 aromatic heterocycles. The van der Waals surface area contributed by atoms with E-state index in [1.807, 2.05) is 24.3 Å². The Kier molecular flexibility index (Phi) is 11.5. The number of benzene rings is 2. The normalized spacial score (nSPS) is 17.8. The minimum Gasteiger partial charge on any atom is -0.330 e. The molecule has 0 spiro atoms. The van der Waals surface area contributed by atoms with E-state index >= 15 is 0 Å². The number of hydrogen-bond donors (Lipinski definition) is 1. The first-order valence-electron chi connectivity index (χ1n) is 17.6. The number of nitrogens with two attached hydrogens (primary N) is 1. The molecule has 3 heteroatoms. The summed E-state index contributed by atoms with van der Waals surface area (Å²) in [5.74, 6) is 1.17. The molecule has 0 saturated carbocycles.